The van der Waals surface area contributed by atoms with Crippen molar-refractivity contribution < 1.29 is 1.41 Å². The molecule has 0 rings (SSSR count). The van der Waals surface area contributed by atoms with E-state index in [4.69, 9.17) is 1.41 Å². The Bertz CT molecular complexity index is 143. The zero-order chi connectivity index (χ0) is 14.7. The molecule has 0 aromatic carbocycles. The highest BCUT2D eigenvalue weighted by molar-refractivity contribution is 4.49. The summed E-state index contributed by atoms with van der Waals surface area (Å²) in [5.74, 6) is 0. The second-order valence-electron chi connectivity index (χ2n) is 6.05. The first-order chi connectivity index (χ1) is 9.91. The van der Waals surface area contributed by atoms with Gasteiger partial charge in [-0.15, -0.1) is 0 Å². The molecule has 1 nitrogen and oxygen atoms in total. The molecule has 0 saturated heterocycles. The third kappa shape index (κ3) is 18.0. The van der Waals surface area contributed by atoms with Crippen molar-refractivity contribution in [1.29, 1.82) is 0 Å². The van der Waals surface area contributed by atoms with Gasteiger partial charge in [0.25, 0.3) is 0 Å². The minimum absolute atomic E-state index is 0.860. The van der Waals surface area contributed by atoms with Gasteiger partial charge in [-0.2, -0.15) is 0 Å². The van der Waals surface area contributed by atoms with Crippen molar-refractivity contribution in [1.82, 2.24) is 0 Å². The molecule has 0 atom stereocenters. The van der Waals surface area contributed by atoms with Crippen LogP contribution < -0.4 is 5.73 Å². The SMILES string of the molecule is [2H]NCCCCCCCCCCCCCCCCCC. The van der Waals surface area contributed by atoms with Gasteiger partial charge in [0.2, 0.25) is 0 Å². The third-order valence-corrected chi connectivity index (χ3v) is 4.03. The zero-order valence-electron chi connectivity index (χ0n) is 14.5. The van der Waals surface area contributed by atoms with Gasteiger partial charge in [-0.25, -0.2) is 0 Å². The van der Waals surface area contributed by atoms with E-state index in [0.29, 0.717) is 0 Å². The van der Waals surface area contributed by atoms with Crippen LogP contribution in [-0.4, -0.2) is 6.54 Å². The molecule has 0 fully saturated rings. The highest BCUT2D eigenvalue weighted by Gasteiger charge is 1.94. The lowest BCUT2D eigenvalue weighted by Crippen LogP contribution is -1.97. The van der Waals surface area contributed by atoms with Crippen LogP contribution in [0, 0.1) is 0 Å². The Hall–Kier alpha value is -0.0400. The molecule has 0 saturated carbocycles. The molecule has 0 amide bonds. The lowest BCUT2D eigenvalue weighted by Gasteiger charge is -2.03. The molecular weight excluding hydrogens is 230 g/mol. The van der Waals surface area contributed by atoms with Gasteiger partial charge < -0.3 is 5.73 Å². The highest BCUT2D eigenvalue weighted by Crippen LogP contribution is 2.13. The first kappa shape index (κ1) is 17.0. The number of hydrogen-bond acceptors (Lipinski definition) is 1. The van der Waals surface area contributed by atoms with Crippen LogP contribution in [0.25, 0.3) is 0 Å². The van der Waals surface area contributed by atoms with Crippen molar-refractivity contribution in [2.24, 2.45) is 5.73 Å². The van der Waals surface area contributed by atoms with E-state index in [-0.39, 0.29) is 0 Å². The van der Waals surface area contributed by atoms with Gasteiger partial charge in [0, 0.05) is 0 Å². The van der Waals surface area contributed by atoms with E-state index >= 15 is 0 Å². The van der Waals surface area contributed by atoms with E-state index in [1.54, 1.807) is 0 Å². The van der Waals surface area contributed by atoms with Crippen LogP contribution >= 0.6 is 0 Å². The van der Waals surface area contributed by atoms with E-state index in [0.717, 1.165) is 6.54 Å². The molecule has 0 bridgehead atoms. The normalized spacial score (nSPS) is 11.7. The molecule has 0 spiro atoms. The van der Waals surface area contributed by atoms with Gasteiger partial charge in [0.15, 0.2) is 0 Å². The summed E-state index contributed by atoms with van der Waals surface area (Å²) in [6.45, 7) is 3.15. The molecule has 0 radical (unpaired) electrons. The summed E-state index contributed by atoms with van der Waals surface area (Å²) in [5, 5.41) is 0. The molecule has 0 aliphatic carbocycles. The molecule has 0 aliphatic rings. The monoisotopic (exact) mass is 270 g/mol. The van der Waals surface area contributed by atoms with E-state index in [9.17, 15) is 0 Å². The maximum Gasteiger partial charge on any atom is 0.118 e. The molecule has 116 valence electrons. The molecule has 0 unspecified atom stereocenters. The van der Waals surface area contributed by atoms with E-state index in [1.165, 1.54) is 103 Å². The second kappa shape index (κ2) is 18.0. The Balaban J connectivity index is 2.89. The Morgan fingerprint density at radius 2 is 0.842 bits per heavy atom. The molecule has 0 aliphatic heterocycles. The van der Waals surface area contributed by atoms with Gasteiger partial charge in [0.1, 0.15) is 1.41 Å². The second-order valence-corrected chi connectivity index (χ2v) is 6.05. The molecule has 2 N–H and O–H groups in total. The number of hydrogen-bond donors (Lipinski definition) is 1. The highest BCUT2D eigenvalue weighted by atomic mass is 14.5. The predicted molar refractivity (Wildman–Crippen MR) is 88.6 cm³/mol. The van der Waals surface area contributed by atoms with Crippen molar-refractivity contribution in [2.75, 3.05) is 6.54 Å². The fourth-order valence-corrected chi connectivity index (χ4v) is 2.67. The summed E-state index contributed by atoms with van der Waals surface area (Å²) >= 11 is 0. The zero-order valence-corrected chi connectivity index (χ0v) is 13.5. The summed E-state index contributed by atoms with van der Waals surface area (Å²) in [6, 6.07) is 0. The predicted octanol–water partition coefficient (Wildman–Crippen LogP) is 6.21. The van der Waals surface area contributed by atoms with Gasteiger partial charge in [0.05, 0.1) is 0 Å². The third-order valence-electron chi connectivity index (χ3n) is 4.03. The number of unbranched alkanes of at least 4 members (excludes halogenated alkanes) is 15. The standard InChI is InChI=1S/C18H39N/c1-2-3-4-5-6-7-8-9-10-11-12-13-14-15-16-17-18-19/h2-19H2,1H3/i/hD. The van der Waals surface area contributed by atoms with E-state index < -0.39 is 0 Å². The summed E-state index contributed by atoms with van der Waals surface area (Å²) < 4.78 is 6.84. The van der Waals surface area contributed by atoms with Crippen LogP contribution in [0.3, 0.4) is 0 Å². The topological polar surface area (TPSA) is 26.0 Å². The Kier molecular flexibility index (Phi) is 16.1. The smallest absolute Gasteiger partial charge is 0.118 e. The quantitative estimate of drug-likeness (QED) is 0.313. The Labute approximate surface area is 124 Å². The van der Waals surface area contributed by atoms with Crippen LogP contribution in [0.2, 0.25) is 1.41 Å². The van der Waals surface area contributed by atoms with Crippen LogP contribution in [0.5, 0.6) is 0 Å². The van der Waals surface area contributed by atoms with Crippen molar-refractivity contribution in [3.05, 3.63) is 0 Å². The number of rotatable bonds is 17. The average Bonchev–Trinajstić information content (AvgIpc) is 2.47. The van der Waals surface area contributed by atoms with Crippen LogP contribution in [0.15, 0.2) is 0 Å². The van der Waals surface area contributed by atoms with Gasteiger partial charge in [-0.1, -0.05) is 103 Å². The summed E-state index contributed by atoms with van der Waals surface area (Å²) in [5.41, 5.74) is 2.47. The lowest BCUT2D eigenvalue weighted by molar-refractivity contribution is 0.530. The minimum Gasteiger partial charge on any atom is -0.330 e. The maximum atomic E-state index is 6.84. The van der Waals surface area contributed by atoms with Crippen LogP contribution in [0.1, 0.15) is 110 Å². The van der Waals surface area contributed by atoms with E-state index in [1.807, 2.05) is 0 Å². The molecule has 19 heavy (non-hydrogen) atoms. The first-order valence-electron chi connectivity index (χ1n) is 9.56. The largest absolute Gasteiger partial charge is 0.330 e. The lowest BCUT2D eigenvalue weighted by atomic mass is 10.0. The van der Waals surface area contributed by atoms with Crippen molar-refractivity contribution in [2.45, 2.75) is 110 Å². The molecule has 0 aromatic rings. The molecule has 1 heteroatoms. The van der Waals surface area contributed by atoms with Gasteiger partial charge in [-0.3, -0.25) is 0 Å². The Morgan fingerprint density at radius 3 is 1.16 bits per heavy atom. The van der Waals surface area contributed by atoms with Crippen LogP contribution in [0.4, 0.5) is 0 Å². The maximum absolute atomic E-state index is 6.84. The van der Waals surface area contributed by atoms with Crippen LogP contribution in [-0.2, 0) is 0 Å². The summed E-state index contributed by atoms with van der Waals surface area (Å²) in [7, 11) is 0. The van der Waals surface area contributed by atoms with Gasteiger partial charge >= 0.3 is 0 Å². The average molecular weight is 271 g/mol. The van der Waals surface area contributed by atoms with Crippen molar-refractivity contribution in [3.63, 3.8) is 0 Å². The first-order valence-corrected chi connectivity index (χ1v) is 9.06. The van der Waals surface area contributed by atoms with Crippen molar-refractivity contribution >= 4 is 0 Å². The summed E-state index contributed by atoms with van der Waals surface area (Å²) in [6.07, 6.45) is 22.6. The fourth-order valence-electron chi connectivity index (χ4n) is 2.67. The van der Waals surface area contributed by atoms with Gasteiger partial charge in [-0.05, 0) is 13.0 Å². The Morgan fingerprint density at radius 1 is 0.526 bits per heavy atom. The molecule has 0 aromatic heterocycles. The fraction of sp³-hybridized carbons (Fsp3) is 1.00. The molecular formula is C18H39N. The minimum atomic E-state index is 0.860. The number of nitrogens with two attached hydrogens (primary N) is 1. The summed E-state index contributed by atoms with van der Waals surface area (Å²) in [4.78, 5) is 0. The van der Waals surface area contributed by atoms with Crippen molar-refractivity contribution in [3.8, 4) is 0 Å². The van der Waals surface area contributed by atoms with E-state index in [2.05, 4.69) is 12.7 Å². The molecule has 0 heterocycles.